The van der Waals surface area contributed by atoms with E-state index in [1.165, 1.54) is 14.2 Å². The number of benzene rings is 1. The van der Waals surface area contributed by atoms with Crippen LogP contribution in [0.1, 0.15) is 25.3 Å². The molecule has 0 bridgehead atoms. The van der Waals surface area contributed by atoms with Crippen LogP contribution in [0.15, 0.2) is 30.3 Å². The number of aliphatic hydroxyl groups excluding tert-OH is 2. The van der Waals surface area contributed by atoms with Crippen molar-refractivity contribution in [3.05, 3.63) is 35.9 Å². The van der Waals surface area contributed by atoms with Crippen molar-refractivity contribution >= 4 is 5.91 Å². The lowest BCUT2D eigenvalue weighted by Gasteiger charge is -2.22. The highest BCUT2D eigenvalue weighted by atomic mass is 16.7. The Balaban J connectivity index is 2.27. The molecule has 6 nitrogen and oxygen atoms in total. The van der Waals surface area contributed by atoms with E-state index in [0.29, 0.717) is 13.2 Å². The summed E-state index contributed by atoms with van der Waals surface area (Å²) < 4.78 is 5.58. The molecule has 0 spiro atoms. The van der Waals surface area contributed by atoms with Gasteiger partial charge < -0.3 is 14.9 Å². The summed E-state index contributed by atoms with van der Waals surface area (Å²) in [5.74, 6) is -0.469. The Morgan fingerprint density at radius 1 is 1.26 bits per heavy atom. The molecule has 0 unspecified atom stereocenters. The molecule has 0 aliphatic carbocycles. The Kier molecular flexibility index (Phi) is 8.79. The van der Waals surface area contributed by atoms with Gasteiger partial charge in [0, 0.05) is 19.4 Å². The highest BCUT2D eigenvalue weighted by Crippen LogP contribution is 2.13. The molecule has 1 aromatic carbocycles. The van der Waals surface area contributed by atoms with E-state index in [9.17, 15) is 15.0 Å². The van der Waals surface area contributed by atoms with Crippen LogP contribution in [0.4, 0.5) is 0 Å². The first-order valence-electron chi connectivity index (χ1n) is 7.72. The summed E-state index contributed by atoms with van der Waals surface area (Å²) in [4.78, 5) is 16.3. The molecule has 0 aromatic heterocycles. The average molecular weight is 325 g/mol. The molecular weight excluding hydrogens is 298 g/mol. The van der Waals surface area contributed by atoms with Crippen LogP contribution in [0, 0.1) is 5.92 Å². The van der Waals surface area contributed by atoms with Crippen LogP contribution in [-0.4, -0.2) is 54.2 Å². The lowest BCUT2D eigenvalue weighted by Crippen LogP contribution is -2.32. The third-order valence-electron chi connectivity index (χ3n) is 3.70. The number of hydrogen-bond acceptors (Lipinski definition) is 5. The molecule has 3 atom stereocenters. The monoisotopic (exact) mass is 325 g/mol. The summed E-state index contributed by atoms with van der Waals surface area (Å²) in [7, 11) is 2.86. The first-order chi connectivity index (χ1) is 10.9. The topological polar surface area (TPSA) is 79.2 Å². The maximum atomic E-state index is 11.6. The van der Waals surface area contributed by atoms with E-state index in [1.54, 1.807) is 0 Å². The molecular formula is C17H27NO5. The molecule has 1 aromatic rings. The van der Waals surface area contributed by atoms with E-state index < -0.39 is 12.2 Å². The fraction of sp³-hybridized carbons (Fsp3) is 0.588. The second kappa shape index (κ2) is 10.3. The van der Waals surface area contributed by atoms with E-state index in [0.717, 1.165) is 10.6 Å². The van der Waals surface area contributed by atoms with Gasteiger partial charge in [-0.1, -0.05) is 37.3 Å². The van der Waals surface area contributed by atoms with Gasteiger partial charge in [-0.15, -0.1) is 0 Å². The fourth-order valence-electron chi connectivity index (χ4n) is 2.07. The first-order valence-corrected chi connectivity index (χ1v) is 7.72. The smallest absolute Gasteiger partial charge is 0.248 e. The molecule has 0 saturated heterocycles. The molecule has 0 saturated carbocycles. The zero-order valence-corrected chi connectivity index (χ0v) is 14.0. The largest absolute Gasteiger partial charge is 0.393 e. The maximum Gasteiger partial charge on any atom is 0.248 e. The highest BCUT2D eigenvalue weighted by molar-refractivity contribution is 5.75. The third-order valence-corrected chi connectivity index (χ3v) is 3.70. The van der Waals surface area contributed by atoms with E-state index in [1.807, 2.05) is 37.3 Å². The number of ether oxygens (including phenoxy) is 1. The number of aliphatic hydroxyl groups is 2. The van der Waals surface area contributed by atoms with Crippen molar-refractivity contribution in [3.63, 3.8) is 0 Å². The molecule has 23 heavy (non-hydrogen) atoms. The zero-order valence-electron chi connectivity index (χ0n) is 14.0. The molecule has 0 radical (unpaired) electrons. The Hall–Kier alpha value is -1.47. The van der Waals surface area contributed by atoms with E-state index >= 15 is 0 Å². The maximum absolute atomic E-state index is 11.6. The van der Waals surface area contributed by atoms with Crippen LogP contribution >= 0.6 is 0 Å². The lowest BCUT2D eigenvalue weighted by molar-refractivity contribution is -0.171. The Bertz CT molecular complexity index is 454. The summed E-state index contributed by atoms with van der Waals surface area (Å²) in [5, 5.41) is 21.0. The van der Waals surface area contributed by atoms with E-state index in [2.05, 4.69) is 0 Å². The summed E-state index contributed by atoms with van der Waals surface area (Å²) in [6, 6.07) is 9.79. The van der Waals surface area contributed by atoms with Crippen molar-refractivity contribution in [2.24, 2.45) is 5.92 Å². The number of amides is 1. The van der Waals surface area contributed by atoms with Crippen LogP contribution in [0.2, 0.25) is 0 Å². The van der Waals surface area contributed by atoms with Gasteiger partial charge in [0.05, 0.1) is 39.0 Å². The fourth-order valence-corrected chi connectivity index (χ4v) is 2.07. The minimum Gasteiger partial charge on any atom is -0.393 e. The molecule has 0 aliphatic heterocycles. The van der Waals surface area contributed by atoms with Crippen molar-refractivity contribution in [1.82, 2.24) is 5.06 Å². The van der Waals surface area contributed by atoms with Crippen LogP contribution in [0.5, 0.6) is 0 Å². The molecule has 1 rings (SSSR count). The number of hydroxylamine groups is 2. The number of nitrogens with zero attached hydrogens (tertiary/aromatic N) is 1. The minimum absolute atomic E-state index is 0.0843. The Morgan fingerprint density at radius 2 is 1.91 bits per heavy atom. The lowest BCUT2D eigenvalue weighted by atomic mass is 9.98. The summed E-state index contributed by atoms with van der Waals surface area (Å²) in [6.07, 6.45) is -1.61. The van der Waals surface area contributed by atoms with Gasteiger partial charge in [0.2, 0.25) is 5.91 Å². The summed E-state index contributed by atoms with van der Waals surface area (Å²) in [6.45, 7) is 2.72. The number of rotatable bonds is 10. The molecule has 0 fully saturated rings. The average Bonchev–Trinajstić information content (AvgIpc) is 2.54. The second-order valence-electron chi connectivity index (χ2n) is 5.71. The van der Waals surface area contributed by atoms with E-state index in [4.69, 9.17) is 9.57 Å². The van der Waals surface area contributed by atoms with E-state index in [-0.39, 0.29) is 24.7 Å². The van der Waals surface area contributed by atoms with Gasteiger partial charge in [0.1, 0.15) is 0 Å². The van der Waals surface area contributed by atoms with Crippen molar-refractivity contribution in [2.45, 2.75) is 38.6 Å². The quantitative estimate of drug-likeness (QED) is 0.635. The highest BCUT2D eigenvalue weighted by Gasteiger charge is 2.22. The molecule has 6 heteroatoms. The predicted octanol–water partition coefficient (Wildman–Crippen LogP) is 1.36. The first kappa shape index (κ1) is 19.6. The number of hydrogen-bond donors (Lipinski definition) is 2. The predicted molar refractivity (Wildman–Crippen MR) is 86.3 cm³/mol. The van der Waals surface area contributed by atoms with Crippen LogP contribution < -0.4 is 0 Å². The normalized spacial score (nSPS) is 15.0. The molecule has 0 aliphatic rings. The molecule has 2 N–H and O–H groups in total. The molecule has 1 amide bonds. The van der Waals surface area contributed by atoms with Crippen LogP contribution in [-0.2, 0) is 21.0 Å². The van der Waals surface area contributed by atoms with Crippen molar-refractivity contribution in [1.29, 1.82) is 0 Å². The van der Waals surface area contributed by atoms with Crippen molar-refractivity contribution in [2.75, 3.05) is 20.8 Å². The minimum atomic E-state index is -0.910. The Labute approximate surface area is 137 Å². The van der Waals surface area contributed by atoms with Gasteiger partial charge in [-0.2, -0.15) is 0 Å². The van der Waals surface area contributed by atoms with Gasteiger partial charge in [-0.3, -0.25) is 9.63 Å². The van der Waals surface area contributed by atoms with Gasteiger partial charge >= 0.3 is 0 Å². The number of carbonyl (C=O) groups is 1. The summed E-state index contributed by atoms with van der Waals surface area (Å²) >= 11 is 0. The SMILES string of the molecule is CON(C)C(=O)C[C@@H](O)C[C@@H](O)[C@@H](C)COCc1ccccc1. The van der Waals surface area contributed by atoms with Crippen LogP contribution in [0.3, 0.4) is 0 Å². The van der Waals surface area contributed by atoms with Gasteiger partial charge in [0.25, 0.3) is 0 Å². The Morgan fingerprint density at radius 3 is 2.52 bits per heavy atom. The van der Waals surface area contributed by atoms with Gasteiger partial charge in [0.15, 0.2) is 0 Å². The van der Waals surface area contributed by atoms with Gasteiger partial charge in [-0.05, 0) is 5.56 Å². The molecule has 130 valence electrons. The summed E-state index contributed by atoms with van der Waals surface area (Å²) in [5.41, 5.74) is 1.07. The standard InChI is InChI=1S/C17H27NO5/c1-13(11-23-12-14-7-5-4-6-8-14)16(20)9-15(19)10-17(21)18(2)22-3/h4-8,13,15-16,19-20H,9-12H2,1-3H3/t13-,15-,16+/m0/s1. The van der Waals surface area contributed by atoms with Crippen molar-refractivity contribution in [3.8, 4) is 0 Å². The van der Waals surface area contributed by atoms with Crippen molar-refractivity contribution < 1.29 is 24.6 Å². The van der Waals surface area contributed by atoms with Crippen LogP contribution in [0.25, 0.3) is 0 Å². The third kappa shape index (κ3) is 7.56. The second-order valence-corrected chi connectivity index (χ2v) is 5.71. The van der Waals surface area contributed by atoms with Gasteiger partial charge in [-0.25, -0.2) is 5.06 Å². The number of carbonyl (C=O) groups excluding carboxylic acids is 1. The molecule has 0 heterocycles. The zero-order chi connectivity index (χ0) is 17.2.